The van der Waals surface area contributed by atoms with E-state index in [1.807, 2.05) is 12.1 Å². The summed E-state index contributed by atoms with van der Waals surface area (Å²) in [5.41, 5.74) is 6.81. The van der Waals surface area contributed by atoms with Crippen molar-refractivity contribution >= 4 is 39.1 Å². The van der Waals surface area contributed by atoms with Crippen LogP contribution in [0.3, 0.4) is 0 Å². The predicted molar refractivity (Wildman–Crippen MR) is 82.3 cm³/mol. The van der Waals surface area contributed by atoms with Crippen molar-refractivity contribution in [1.82, 2.24) is 0 Å². The van der Waals surface area contributed by atoms with Crippen LogP contribution < -0.4 is 11.1 Å². The molecule has 0 spiro atoms. The molecule has 3 N–H and O–H groups in total. The molecule has 0 aliphatic heterocycles. The number of carbonyl (C=O) groups excluding carboxylic acids is 1. The number of anilines is 1. The monoisotopic (exact) mass is 344 g/mol. The van der Waals surface area contributed by atoms with Crippen molar-refractivity contribution in [2.45, 2.75) is 38.1 Å². The average molecular weight is 346 g/mol. The Morgan fingerprint density at radius 1 is 1.32 bits per heavy atom. The first-order valence-corrected chi connectivity index (χ1v) is 7.77. The van der Waals surface area contributed by atoms with E-state index in [-0.39, 0.29) is 17.9 Å². The van der Waals surface area contributed by atoms with Gasteiger partial charge in [-0.1, -0.05) is 36.9 Å². The van der Waals surface area contributed by atoms with Gasteiger partial charge in [0, 0.05) is 6.04 Å². The second kappa shape index (κ2) is 6.73. The van der Waals surface area contributed by atoms with Crippen molar-refractivity contribution in [2.24, 2.45) is 11.7 Å². The number of amides is 1. The van der Waals surface area contributed by atoms with Gasteiger partial charge >= 0.3 is 0 Å². The number of carbonyl (C=O) groups is 1. The summed E-state index contributed by atoms with van der Waals surface area (Å²) in [6.07, 6.45) is 5.15. The first-order chi connectivity index (χ1) is 9.09. The van der Waals surface area contributed by atoms with Gasteiger partial charge in [-0.3, -0.25) is 4.79 Å². The molecule has 2 atom stereocenters. The van der Waals surface area contributed by atoms with Gasteiger partial charge in [-0.2, -0.15) is 0 Å². The average Bonchev–Trinajstić information content (AvgIpc) is 2.59. The molecule has 1 aromatic carbocycles. The van der Waals surface area contributed by atoms with Gasteiger partial charge < -0.3 is 11.1 Å². The molecular weight excluding hydrogens is 328 g/mol. The fraction of sp³-hybridized carbons (Fsp3) is 0.500. The number of hydrogen-bond acceptors (Lipinski definition) is 2. The molecule has 19 heavy (non-hydrogen) atoms. The minimum atomic E-state index is -0.103. The van der Waals surface area contributed by atoms with Crippen LogP contribution in [0.5, 0.6) is 0 Å². The molecule has 3 nitrogen and oxygen atoms in total. The summed E-state index contributed by atoms with van der Waals surface area (Å²) in [6.45, 7) is 0. The van der Waals surface area contributed by atoms with Crippen molar-refractivity contribution in [3.63, 3.8) is 0 Å². The van der Waals surface area contributed by atoms with Gasteiger partial charge in [0.25, 0.3) is 0 Å². The Hall–Kier alpha value is -0.580. The zero-order valence-electron chi connectivity index (χ0n) is 10.7. The van der Waals surface area contributed by atoms with Crippen molar-refractivity contribution in [3.8, 4) is 0 Å². The lowest BCUT2D eigenvalue weighted by atomic mass is 9.94. The Balaban J connectivity index is 2.09. The summed E-state index contributed by atoms with van der Waals surface area (Å²) < 4.78 is 0.715. The molecule has 1 fully saturated rings. The fourth-order valence-corrected chi connectivity index (χ4v) is 3.03. The first kappa shape index (κ1) is 14.8. The number of hydrogen-bond donors (Lipinski definition) is 2. The standard InChI is InChI=1S/C14H18BrClN2O/c15-13-10(16)6-4-8-12(13)18-14(19)9-5-2-1-3-7-11(9)17/h4,6,8-9,11H,1-3,5,7,17H2,(H,18,19). The van der Waals surface area contributed by atoms with E-state index in [1.165, 1.54) is 6.42 Å². The number of halogens is 2. The van der Waals surface area contributed by atoms with Crippen molar-refractivity contribution in [1.29, 1.82) is 0 Å². The van der Waals surface area contributed by atoms with Crippen LogP contribution in [0.4, 0.5) is 5.69 Å². The molecule has 0 bridgehead atoms. The van der Waals surface area contributed by atoms with Crippen LogP contribution >= 0.6 is 27.5 Å². The third-order valence-corrected chi connectivity index (χ3v) is 5.01. The summed E-state index contributed by atoms with van der Waals surface area (Å²) in [5.74, 6) is -0.106. The molecule has 1 amide bonds. The smallest absolute Gasteiger partial charge is 0.229 e. The lowest BCUT2D eigenvalue weighted by Gasteiger charge is -2.21. The van der Waals surface area contributed by atoms with Gasteiger partial charge in [-0.25, -0.2) is 0 Å². The van der Waals surface area contributed by atoms with Gasteiger partial charge in [0.05, 0.1) is 21.1 Å². The molecule has 1 saturated carbocycles. The van der Waals surface area contributed by atoms with Crippen LogP contribution in [0.1, 0.15) is 32.1 Å². The van der Waals surface area contributed by atoms with E-state index >= 15 is 0 Å². The van der Waals surface area contributed by atoms with Crippen molar-refractivity contribution in [2.75, 3.05) is 5.32 Å². The van der Waals surface area contributed by atoms with Gasteiger partial charge in [0.2, 0.25) is 5.91 Å². The predicted octanol–water partition coefficient (Wildman–Crippen LogP) is 3.95. The maximum Gasteiger partial charge on any atom is 0.229 e. The molecule has 104 valence electrons. The van der Waals surface area contributed by atoms with Crippen LogP contribution in [-0.2, 0) is 4.79 Å². The van der Waals surface area contributed by atoms with Crippen LogP contribution in [0.2, 0.25) is 5.02 Å². The highest BCUT2D eigenvalue weighted by molar-refractivity contribution is 9.10. The largest absolute Gasteiger partial charge is 0.327 e. The lowest BCUT2D eigenvalue weighted by molar-refractivity contribution is -0.120. The minimum Gasteiger partial charge on any atom is -0.327 e. The Morgan fingerprint density at radius 2 is 2.05 bits per heavy atom. The number of benzene rings is 1. The maximum absolute atomic E-state index is 12.3. The minimum absolute atomic E-state index is 0.00244. The summed E-state index contributed by atoms with van der Waals surface area (Å²) in [4.78, 5) is 12.3. The molecule has 5 heteroatoms. The third kappa shape index (κ3) is 3.71. The Kier molecular flexibility index (Phi) is 5.25. The molecule has 1 aliphatic carbocycles. The van der Waals surface area contributed by atoms with Crippen LogP contribution in [0.25, 0.3) is 0 Å². The maximum atomic E-state index is 12.3. The summed E-state index contributed by atoms with van der Waals surface area (Å²) >= 11 is 9.40. The SMILES string of the molecule is NC1CCCCCC1C(=O)Nc1cccc(Cl)c1Br. The molecule has 0 radical (unpaired) electrons. The summed E-state index contributed by atoms with van der Waals surface area (Å²) in [6, 6.07) is 5.38. The zero-order chi connectivity index (χ0) is 13.8. The number of nitrogens with one attached hydrogen (secondary N) is 1. The molecular formula is C14H18BrClN2O. The Labute approximate surface area is 127 Å². The van der Waals surface area contributed by atoms with E-state index in [4.69, 9.17) is 17.3 Å². The molecule has 2 rings (SSSR count). The Morgan fingerprint density at radius 3 is 2.84 bits per heavy atom. The van der Waals surface area contributed by atoms with E-state index in [1.54, 1.807) is 6.07 Å². The fourth-order valence-electron chi connectivity index (χ4n) is 2.49. The van der Waals surface area contributed by atoms with Gasteiger partial charge in [-0.05, 0) is 40.9 Å². The van der Waals surface area contributed by atoms with E-state index in [9.17, 15) is 4.79 Å². The molecule has 1 aromatic rings. The molecule has 0 aromatic heterocycles. The molecule has 2 unspecified atom stereocenters. The highest BCUT2D eigenvalue weighted by Gasteiger charge is 2.27. The lowest BCUT2D eigenvalue weighted by Crippen LogP contribution is -2.37. The molecule has 0 heterocycles. The van der Waals surface area contributed by atoms with Gasteiger partial charge in [-0.15, -0.1) is 0 Å². The normalized spacial score (nSPS) is 23.7. The summed E-state index contributed by atoms with van der Waals surface area (Å²) in [7, 11) is 0. The topological polar surface area (TPSA) is 55.1 Å². The van der Waals surface area contributed by atoms with E-state index < -0.39 is 0 Å². The first-order valence-electron chi connectivity index (χ1n) is 6.60. The van der Waals surface area contributed by atoms with E-state index in [0.717, 1.165) is 25.7 Å². The van der Waals surface area contributed by atoms with Crippen LogP contribution in [0.15, 0.2) is 22.7 Å². The second-order valence-corrected chi connectivity index (χ2v) is 6.20. The third-order valence-electron chi connectivity index (χ3n) is 3.62. The van der Waals surface area contributed by atoms with Crippen LogP contribution in [0, 0.1) is 5.92 Å². The molecule has 1 aliphatic rings. The van der Waals surface area contributed by atoms with E-state index in [0.29, 0.717) is 15.2 Å². The number of nitrogens with two attached hydrogens (primary N) is 1. The highest BCUT2D eigenvalue weighted by Crippen LogP contribution is 2.31. The zero-order valence-corrected chi connectivity index (χ0v) is 13.0. The molecule has 0 saturated heterocycles. The van der Waals surface area contributed by atoms with Crippen molar-refractivity contribution < 1.29 is 4.79 Å². The Bertz CT molecular complexity index is 467. The summed E-state index contributed by atoms with van der Waals surface area (Å²) in [5, 5.41) is 3.51. The van der Waals surface area contributed by atoms with Crippen LogP contribution in [-0.4, -0.2) is 11.9 Å². The number of rotatable bonds is 2. The van der Waals surface area contributed by atoms with Gasteiger partial charge in [0.1, 0.15) is 0 Å². The second-order valence-electron chi connectivity index (χ2n) is 5.00. The van der Waals surface area contributed by atoms with E-state index in [2.05, 4.69) is 21.2 Å². The van der Waals surface area contributed by atoms with Gasteiger partial charge in [0.15, 0.2) is 0 Å². The van der Waals surface area contributed by atoms with Crippen molar-refractivity contribution in [3.05, 3.63) is 27.7 Å². The highest BCUT2D eigenvalue weighted by atomic mass is 79.9. The quantitative estimate of drug-likeness (QED) is 0.797.